The van der Waals surface area contributed by atoms with Gasteiger partial charge >= 0.3 is 5.69 Å². The highest BCUT2D eigenvalue weighted by molar-refractivity contribution is 6.37. The van der Waals surface area contributed by atoms with E-state index in [-0.39, 0.29) is 21.6 Å². The summed E-state index contributed by atoms with van der Waals surface area (Å²) < 4.78 is 39.3. The fourth-order valence-corrected chi connectivity index (χ4v) is 2.65. The van der Waals surface area contributed by atoms with Gasteiger partial charge in [-0.2, -0.15) is 0 Å². The van der Waals surface area contributed by atoms with Crippen molar-refractivity contribution in [3.63, 3.8) is 0 Å². The average Bonchev–Trinajstić information content (AvgIpc) is 2.88. The van der Waals surface area contributed by atoms with Gasteiger partial charge in [0.05, 0.1) is 15.0 Å². The van der Waals surface area contributed by atoms with E-state index in [0.29, 0.717) is 0 Å². The highest BCUT2D eigenvalue weighted by Crippen LogP contribution is 2.36. The zero-order valence-electron chi connectivity index (χ0n) is 12.3. The lowest BCUT2D eigenvalue weighted by molar-refractivity contribution is -0.384. The fraction of sp³-hybridized carbons (Fsp3) is 0.231. The second-order valence-electron chi connectivity index (χ2n) is 4.82. The molecule has 0 saturated carbocycles. The lowest BCUT2D eigenvalue weighted by Crippen LogP contribution is -2.08. The molecule has 0 saturated heterocycles. The van der Waals surface area contributed by atoms with Gasteiger partial charge in [0.15, 0.2) is 6.17 Å². The Balaban J connectivity index is 2.55. The second-order valence-corrected chi connectivity index (χ2v) is 5.63. The molecule has 25 heavy (non-hydrogen) atoms. The van der Waals surface area contributed by atoms with Crippen LogP contribution in [0.15, 0.2) is 18.3 Å². The molecule has 134 valence electrons. The van der Waals surface area contributed by atoms with Crippen LogP contribution in [0.5, 0.6) is 0 Å². The van der Waals surface area contributed by atoms with Crippen LogP contribution in [-0.4, -0.2) is 27.0 Å². The standard InChI is InChI=1S/C13H9Cl2F3N4O3/c1-5(23)19-13-9(22(24)25)4-21(20-13)11-7(14)2-6(3-8(11)15)10(16)12(17)18/h2-4,10,12H,1H3,(H,19,20,23). The first kappa shape index (κ1) is 19.0. The van der Waals surface area contributed by atoms with E-state index in [9.17, 15) is 28.1 Å². The minimum atomic E-state index is -3.27. The maximum Gasteiger partial charge on any atom is 0.331 e. The number of anilines is 1. The van der Waals surface area contributed by atoms with Gasteiger partial charge in [-0.05, 0) is 17.7 Å². The number of carbonyl (C=O) groups is 1. The lowest BCUT2D eigenvalue weighted by Gasteiger charge is -2.12. The molecule has 0 fully saturated rings. The Kier molecular flexibility index (Phi) is 5.53. The predicted octanol–water partition coefficient (Wildman–Crippen LogP) is 4.32. The van der Waals surface area contributed by atoms with E-state index in [2.05, 4.69) is 10.4 Å². The maximum absolute atomic E-state index is 13.4. The monoisotopic (exact) mass is 396 g/mol. The third-order valence-corrected chi connectivity index (χ3v) is 3.57. The van der Waals surface area contributed by atoms with E-state index >= 15 is 0 Å². The topological polar surface area (TPSA) is 90.1 Å². The summed E-state index contributed by atoms with van der Waals surface area (Å²) in [6, 6.07) is 1.84. The Hall–Kier alpha value is -2.33. The van der Waals surface area contributed by atoms with Crippen LogP contribution in [0.4, 0.5) is 24.7 Å². The maximum atomic E-state index is 13.4. The molecule has 0 aliphatic carbocycles. The van der Waals surface area contributed by atoms with Gasteiger partial charge in [0.1, 0.15) is 11.9 Å². The van der Waals surface area contributed by atoms with E-state index in [1.54, 1.807) is 0 Å². The molecule has 1 aromatic heterocycles. The molecule has 7 nitrogen and oxygen atoms in total. The minimum absolute atomic E-state index is 0.0896. The molecule has 1 unspecified atom stereocenters. The van der Waals surface area contributed by atoms with Crippen molar-refractivity contribution in [2.75, 3.05) is 5.32 Å². The summed E-state index contributed by atoms with van der Waals surface area (Å²) in [5, 5.41) is 16.5. The summed E-state index contributed by atoms with van der Waals surface area (Å²) in [4.78, 5) is 21.3. The number of rotatable bonds is 5. The highest BCUT2D eigenvalue weighted by atomic mass is 35.5. The third-order valence-electron chi connectivity index (χ3n) is 2.99. The molecule has 2 rings (SSSR count). The van der Waals surface area contributed by atoms with Crippen molar-refractivity contribution in [2.45, 2.75) is 19.5 Å². The normalized spacial score (nSPS) is 12.3. The molecule has 1 atom stereocenters. The van der Waals surface area contributed by atoms with E-state index in [0.717, 1.165) is 29.9 Å². The summed E-state index contributed by atoms with van der Waals surface area (Å²) >= 11 is 11.9. The van der Waals surface area contributed by atoms with Crippen LogP contribution in [0.1, 0.15) is 18.7 Å². The Morgan fingerprint density at radius 3 is 2.32 bits per heavy atom. The van der Waals surface area contributed by atoms with Crippen molar-refractivity contribution in [3.8, 4) is 5.69 Å². The molecule has 0 aliphatic heterocycles. The Bertz CT molecular complexity index is 821. The first-order valence-corrected chi connectivity index (χ1v) is 7.30. The van der Waals surface area contributed by atoms with Crippen LogP contribution in [0, 0.1) is 10.1 Å². The van der Waals surface area contributed by atoms with E-state index in [1.807, 2.05) is 0 Å². The van der Waals surface area contributed by atoms with Crippen LogP contribution in [-0.2, 0) is 4.79 Å². The van der Waals surface area contributed by atoms with Crippen molar-refractivity contribution in [1.29, 1.82) is 0 Å². The number of hydrogen-bond donors (Lipinski definition) is 1. The van der Waals surface area contributed by atoms with Crippen LogP contribution in [0.3, 0.4) is 0 Å². The van der Waals surface area contributed by atoms with Crippen LogP contribution < -0.4 is 5.32 Å². The number of nitrogens with one attached hydrogen (secondary N) is 1. The number of nitro groups is 1. The van der Waals surface area contributed by atoms with Crippen molar-refractivity contribution in [3.05, 3.63) is 44.1 Å². The van der Waals surface area contributed by atoms with Crippen molar-refractivity contribution in [1.82, 2.24) is 9.78 Å². The Labute approximate surface area is 148 Å². The van der Waals surface area contributed by atoms with E-state index in [1.165, 1.54) is 0 Å². The Morgan fingerprint density at radius 1 is 1.32 bits per heavy atom. The van der Waals surface area contributed by atoms with Gasteiger partial charge < -0.3 is 5.32 Å². The zero-order chi connectivity index (χ0) is 18.9. The molecular weight excluding hydrogens is 388 g/mol. The molecule has 12 heteroatoms. The van der Waals surface area contributed by atoms with Crippen molar-refractivity contribution < 1.29 is 22.9 Å². The molecule has 0 aliphatic rings. The summed E-state index contributed by atoms with van der Waals surface area (Å²) in [5.74, 6) is -0.956. The smallest absolute Gasteiger partial charge is 0.304 e. The number of carbonyl (C=O) groups excluding carboxylic acids is 1. The van der Waals surface area contributed by atoms with Gasteiger partial charge in [0, 0.05) is 6.92 Å². The number of aromatic nitrogens is 2. The number of nitrogens with zero attached hydrogens (tertiary/aromatic N) is 3. The number of hydrogen-bond acceptors (Lipinski definition) is 4. The van der Waals surface area contributed by atoms with Crippen LogP contribution >= 0.6 is 23.2 Å². The summed E-state index contributed by atoms with van der Waals surface area (Å²) in [7, 11) is 0. The van der Waals surface area contributed by atoms with Gasteiger partial charge in [0.2, 0.25) is 11.7 Å². The molecule has 1 aromatic carbocycles. The minimum Gasteiger partial charge on any atom is -0.304 e. The second kappa shape index (κ2) is 7.28. The zero-order valence-corrected chi connectivity index (χ0v) is 13.9. The molecule has 0 bridgehead atoms. The largest absolute Gasteiger partial charge is 0.331 e. The number of alkyl halides is 3. The molecular formula is C13H9Cl2F3N4O3. The SMILES string of the molecule is CC(=O)Nc1nn(-c2c(Cl)cc(C(F)C(F)F)cc2Cl)cc1[N+](=O)[O-]. The predicted molar refractivity (Wildman–Crippen MR) is 84.4 cm³/mol. The molecule has 1 heterocycles. The van der Waals surface area contributed by atoms with Gasteiger partial charge in [-0.3, -0.25) is 14.9 Å². The summed E-state index contributed by atoms with van der Waals surface area (Å²) in [6.07, 6.45) is -4.93. The molecule has 1 N–H and O–H groups in total. The van der Waals surface area contributed by atoms with Crippen molar-refractivity contribution in [2.24, 2.45) is 0 Å². The summed E-state index contributed by atoms with van der Waals surface area (Å²) in [5.41, 5.74) is -1.08. The molecule has 2 aromatic rings. The molecule has 0 radical (unpaired) electrons. The van der Waals surface area contributed by atoms with E-state index < -0.39 is 34.7 Å². The first-order valence-electron chi connectivity index (χ1n) is 6.55. The average molecular weight is 397 g/mol. The van der Waals surface area contributed by atoms with Gasteiger partial charge in [-0.25, -0.2) is 17.9 Å². The summed E-state index contributed by atoms with van der Waals surface area (Å²) in [6.45, 7) is 1.13. The van der Waals surface area contributed by atoms with Gasteiger partial charge in [0.25, 0.3) is 6.43 Å². The third kappa shape index (κ3) is 4.02. The van der Waals surface area contributed by atoms with Gasteiger partial charge in [-0.15, -0.1) is 5.10 Å². The van der Waals surface area contributed by atoms with Gasteiger partial charge in [-0.1, -0.05) is 23.2 Å². The quantitative estimate of drug-likeness (QED) is 0.601. The first-order chi connectivity index (χ1) is 11.6. The number of amides is 1. The van der Waals surface area contributed by atoms with Crippen molar-refractivity contribution >= 4 is 40.6 Å². The number of halogens is 5. The lowest BCUT2D eigenvalue weighted by atomic mass is 10.1. The molecule has 0 spiro atoms. The Morgan fingerprint density at radius 2 is 1.88 bits per heavy atom. The van der Waals surface area contributed by atoms with Crippen LogP contribution in [0.25, 0.3) is 5.69 Å². The number of benzene rings is 1. The van der Waals surface area contributed by atoms with E-state index in [4.69, 9.17) is 23.2 Å². The molecule has 1 amide bonds. The fourth-order valence-electron chi connectivity index (χ4n) is 1.98. The highest BCUT2D eigenvalue weighted by Gasteiger charge is 2.26. The van der Waals surface area contributed by atoms with Crippen LogP contribution in [0.2, 0.25) is 10.0 Å².